The summed E-state index contributed by atoms with van der Waals surface area (Å²) < 4.78 is 73.9. The van der Waals surface area contributed by atoms with E-state index in [1.165, 1.54) is 12.4 Å². The molecule has 266 valence electrons. The first-order valence-electron chi connectivity index (χ1n) is 12.8. The number of hydrogen-bond acceptors (Lipinski definition) is 28. The third kappa shape index (κ3) is 24.6. The minimum absolute atomic E-state index is 0. The maximum Gasteiger partial charge on any atom is 1.00 e. The van der Waals surface area contributed by atoms with Crippen molar-refractivity contribution < 1.29 is 173 Å². The van der Waals surface area contributed by atoms with Crippen LogP contribution in [-0.2, 0) is 39.0 Å². The van der Waals surface area contributed by atoms with E-state index in [-0.39, 0.29) is 192 Å². The molecule has 26 nitrogen and oxygen atoms in total. The molecule has 0 radical (unpaired) electrons. The van der Waals surface area contributed by atoms with Crippen molar-refractivity contribution in [3.8, 4) is 0 Å². The molecule has 3 aromatic heterocycles. The number of nitrogens with one attached hydrogen (secondary N) is 6. The van der Waals surface area contributed by atoms with E-state index < -0.39 is 31.7 Å². The molecule has 6 N–H and O–H groups in total. The zero-order chi connectivity index (χ0) is 34.8. The van der Waals surface area contributed by atoms with Crippen LogP contribution in [0.2, 0.25) is 0 Å². The average molecular weight is 849 g/mol. The summed E-state index contributed by atoms with van der Waals surface area (Å²) in [5, 5.41) is 42.9. The van der Waals surface area contributed by atoms with Crippen LogP contribution >= 0.6 is 24.1 Å². The fourth-order valence-corrected chi connectivity index (χ4v) is 4.25. The van der Waals surface area contributed by atoms with Gasteiger partial charge in [0.15, 0.2) is 11.6 Å². The van der Waals surface area contributed by atoms with Crippen molar-refractivity contribution in [2.24, 2.45) is 0 Å². The summed E-state index contributed by atoms with van der Waals surface area (Å²) >= 11 is 1.51. The first-order valence-corrected chi connectivity index (χ1v) is 17.8. The molecule has 0 spiro atoms. The Morgan fingerprint density at radius 3 is 1.13 bits per heavy atom. The Balaban J connectivity index is 0. The fourth-order valence-electron chi connectivity index (χ4n) is 2.96. The summed E-state index contributed by atoms with van der Waals surface area (Å²) in [6.07, 6.45) is 2.56. The van der Waals surface area contributed by atoms with Crippen LogP contribution in [0.1, 0.15) is 0 Å². The van der Waals surface area contributed by atoms with Crippen molar-refractivity contribution in [3.63, 3.8) is 0 Å². The summed E-state index contributed by atoms with van der Waals surface area (Å²) in [7, 11) is -9.08. The molecule has 0 aliphatic heterocycles. The predicted octanol–water partition coefficient (Wildman–Crippen LogP) is -15.2. The van der Waals surface area contributed by atoms with E-state index in [0.29, 0.717) is 11.5 Å². The first-order chi connectivity index (χ1) is 22.9. The number of aromatic nitrogens is 8. The van der Waals surface area contributed by atoms with Crippen molar-refractivity contribution in [3.05, 3.63) is 12.4 Å². The molecular formula is C18H24N14Na4O12S4. The van der Waals surface area contributed by atoms with Crippen LogP contribution in [0.25, 0.3) is 0 Å². The monoisotopic (exact) mass is 848 g/mol. The topological polar surface area (TPSA) is 373 Å². The first kappa shape index (κ1) is 54.3. The van der Waals surface area contributed by atoms with E-state index in [2.05, 4.69) is 90.5 Å². The normalized spacial score (nSPS) is 10.7. The third-order valence-electron chi connectivity index (χ3n) is 4.76. The maximum absolute atomic E-state index is 10.9. The quantitative estimate of drug-likeness (QED) is 0.0122. The van der Waals surface area contributed by atoms with Gasteiger partial charge < -0.3 is 51.5 Å². The average Bonchev–Trinajstić information content (AvgIpc) is 3.00. The predicted molar refractivity (Wildman–Crippen MR) is 161 cm³/mol. The Hall–Kier alpha value is 0.180. The molecule has 34 heteroatoms. The Bertz CT molecular complexity index is 1580. The summed E-state index contributed by atoms with van der Waals surface area (Å²) in [4.78, 5) is 33.1. The maximum atomic E-state index is 10.9. The summed E-state index contributed by atoms with van der Waals surface area (Å²) in [5.74, 6) is -0.909. The standard InChI is InChI=1S/C18H28N14O12S4.4Na/c33-41-43-45-5-1-19-13-27-14(20-2-6-46-44-42-34)30-17(29-13)25-11-9-24-12(10-23-11)26-18-31-15(21-3-7-47(35,36)37)28-16(32-18)22-4-8-48(38,39)40;;;;/h9-10,33-34H,1-8H2,(H,35,36,37)(H,38,39,40)(H3,19,20,23,25,27,29,30)(H3,21,22,24,26,28,31,32);;;;/q;4*+1/p-4. The smallest absolute Gasteiger partial charge is 0.748 e. The summed E-state index contributed by atoms with van der Waals surface area (Å²) in [5.41, 5.74) is 0. The molecule has 0 aliphatic rings. The summed E-state index contributed by atoms with van der Waals surface area (Å²) in [6.45, 7) is -0.156. The van der Waals surface area contributed by atoms with Crippen molar-refractivity contribution in [1.29, 1.82) is 0 Å². The van der Waals surface area contributed by atoms with Crippen LogP contribution in [-0.4, -0.2) is 115 Å². The van der Waals surface area contributed by atoms with Crippen LogP contribution < -0.4 is 161 Å². The SMILES string of the molecule is O=S(=O)([O-])CCNc1nc(NCCS(=O)(=O)[O-])nc(Nc2cnc(Nc3nc(NCCSOO[O-])nc(NCCSOO[O-])n3)cn2)n1.[Na+].[Na+].[Na+].[Na+]. The Morgan fingerprint density at radius 1 is 0.538 bits per heavy atom. The molecule has 3 heterocycles. The van der Waals surface area contributed by atoms with Gasteiger partial charge in [0.25, 0.3) is 0 Å². The van der Waals surface area contributed by atoms with Gasteiger partial charge in [-0.15, -0.1) is 0 Å². The van der Waals surface area contributed by atoms with Crippen molar-refractivity contribution in [1.82, 2.24) is 39.9 Å². The fraction of sp³-hybridized carbons (Fsp3) is 0.444. The van der Waals surface area contributed by atoms with E-state index in [1.54, 1.807) is 0 Å². The number of nitrogens with zero attached hydrogens (tertiary/aromatic N) is 8. The largest absolute Gasteiger partial charge is 1.00 e. The van der Waals surface area contributed by atoms with Gasteiger partial charge in [-0.25, -0.2) is 26.8 Å². The van der Waals surface area contributed by atoms with Crippen molar-refractivity contribution >= 4 is 91.6 Å². The molecule has 0 atom stereocenters. The zero-order valence-electron chi connectivity index (χ0n) is 27.9. The van der Waals surface area contributed by atoms with Gasteiger partial charge >= 0.3 is 118 Å². The molecule has 0 saturated carbocycles. The van der Waals surface area contributed by atoms with E-state index in [9.17, 15) is 36.5 Å². The number of rotatable bonds is 24. The van der Waals surface area contributed by atoms with E-state index in [1.807, 2.05) is 0 Å². The molecule has 0 amide bonds. The number of anilines is 8. The second kappa shape index (κ2) is 29.4. The van der Waals surface area contributed by atoms with Gasteiger partial charge in [-0.2, -0.15) is 38.6 Å². The molecule has 3 rings (SSSR count). The second-order valence-electron chi connectivity index (χ2n) is 8.30. The van der Waals surface area contributed by atoms with Crippen molar-refractivity contribution in [2.45, 2.75) is 0 Å². The van der Waals surface area contributed by atoms with Crippen LogP contribution in [0.4, 0.5) is 47.3 Å². The molecule has 0 aromatic carbocycles. The van der Waals surface area contributed by atoms with Crippen molar-refractivity contribution in [2.75, 3.05) is 81.1 Å². The van der Waals surface area contributed by atoms with Gasteiger partial charge in [0, 0.05) is 61.8 Å². The summed E-state index contributed by atoms with van der Waals surface area (Å²) in [6, 6.07) is 0. The van der Waals surface area contributed by atoms with Gasteiger partial charge in [0.05, 0.1) is 44.1 Å². The minimum Gasteiger partial charge on any atom is -0.748 e. The zero-order valence-corrected chi connectivity index (χ0v) is 39.2. The van der Waals surface area contributed by atoms with Crippen LogP contribution in [0.3, 0.4) is 0 Å². The molecule has 0 bridgehead atoms. The second-order valence-corrected chi connectivity index (χ2v) is 12.9. The number of hydrogen-bond donors (Lipinski definition) is 6. The molecule has 0 unspecified atom stereocenters. The molecule has 3 aromatic rings. The van der Waals surface area contributed by atoms with Gasteiger partial charge in [-0.05, 0) is 0 Å². The molecule has 52 heavy (non-hydrogen) atoms. The third-order valence-corrected chi connectivity index (χ3v) is 7.21. The molecule has 0 saturated heterocycles. The minimum atomic E-state index is -4.54. The van der Waals surface area contributed by atoms with Gasteiger partial charge in [-0.1, -0.05) is 0 Å². The molecular weight excluding hydrogens is 825 g/mol. The Labute approximate surface area is 393 Å². The Morgan fingerprint density at radius 2 is 0.846 bits per heavy atom. The van der Waals surface area contributed by atoms with Gasteiger partial charge in [0.2, 0.25) is 35.7 Å². The van der Waals surface area contributed by atoms with E-state index >= 15 is 0 Å². The van der Waals surface area contributed by atoms with Crippen LogP contribution in [0, 0.1) is 0 Å². The molecule has 0 fully saturated rings. The van der Waals surface area contributed by atoms with E-state index in [4.69, 9.17) is 0 Å². The van der Waals surface area contributed by atoms with E-state index in [0.717, 1.165) is 24.1 Å². The molecule has 0 aliphatic carbocycles. The van der Waals surface area contributed by atoms with Gasteiger partial charge in [-0.3, -0.25) is 10.1 Å². The Kier molecular flexibility index (Phi) is 30.7. The van der Waals surface area contributed by atoms with Crippen LogP contribution in [0.15, 0.2) is 12.4 Å². The van der Waals surface area contributed by atoms with Gasteiger partial charge in [0.1, 0.15) is 0 Å². The van der Waals surface area contributed by atoms with Crippen LogP contribution in [0.5, 0.6) is 0 Å².